The first-order chi connectivity index (χ1) is 8.56. The Balaban J connectivity index is 2.00. The van der Waals surface area contributed by atoms with E-state index >= 15 is 0 Å². The molecule has 0 spiro atoms. The Labute approximate surface area is 103 Å². The standard InChI is InChI=1S/C12H13F3N2O/c13-8-2-1-3-9(6-8)16-12(18)17(7-11(14)15)10-4-5-10/h1-3,6,10-11H,4-5,7H2,(H,16,18). The third kappa shape index (κ3) is 3.38. The summed E-state index contributed by atoms with van der Waals surface area (Å²) in [5, 5.41) is 2.42. The molecule has 0 radical (unpaired) electrons. The molecule has 1 aromatic rings. The van der Waals surface area contributed by atoms with Gasteiger partial charge in [-0.15, -0.1) is 0 Å². The van der Waals surface area contributed by atoms with Crippen molar-refractivity contribution in [3.8, 4) is 0 Å². The number of nitrogens with zero attached hydrogens (tertiary/aromatic N) is 1. The van der Waals surface area contributed by atoms with Crippen LogP contribution in [0.15, 0.2) is 24.3 Å². The van der Waals surface area contributed by atoms with E-state index in [4.69, 9.17) is 0 Å². The summed E-state index contributed by atoms with van der Waals surface area (Å²) < 4.78 is 37.6. The number of rotatable bonds is 4. The van der Waals surface area contributed by atoms with E-state index in [0.29, 0.717) is 0 Å². The van der Waals surface area contributed by atoms with Crippen LogP contribution < -0.4 is 5.32 Å². The minimum absolute atomic E-state index is 0.118. The van der Waals surface area contributed by atoms with Gasteiger partial charge >= 0.3 is 6.03 Å². The first kappa shape index (κ1) is 12.7. The molecule has 1 fully saturated rings. The fraction of sp³-hybridized carbons (Fsp3) is 0.417. The average molecular weight is 258 g/mol. The number of urea groups is 1. The molecule has 1 aromatic carbocycles. The summed E-state index contributed by atoms with van der Waals surface area (Å²) in [5.74, 6) is -0.486. The largest absolute Gasteiger partial charge is 0.322 e. The molecule has 0 bridgehead atoms. The zero-order chi connectivity index (χ0) is 13.1. The Hall–Kier alpha value is -1.72. The number of alkyl halides is 2. The molecule has 1 N–H and O–H groups in total. The Morgan fingerprint density at radius 3 is 2.72 bits per heavy atom. The summed E-state index contributed by atoms with van der Waals surface area (Å²) in [6, 6.07) is 4.61. The maximum atomic E-state index is 12.9. The maximum Gasteiger partial charge on any atom is 0.322 e. The summed E-state index contributed by atoms with van der Waals surface area (Å²) in [5.41, 5.74) is 0.264. The number of nitrogens with one attached hydrogen (secondary N) is 1. The molecule has 1 aliphatic carbocycles. The van der Waals surface area contributed by atoms with Gasteiger partial charge in [-0.1, -0.05) is 6.07 Å². The molecule has 2 amide bonds. The molecule has 0 unspecified atom stereocenters. The van der Waals surface area contributed by atoms with Crippen molar-refractivity contribution in [1.29, 1.82) is 0 Å². The smallest absolute Gasteiger partial charge is 0.316 e. The molecule has 18 heavy (non-hydrogen) atoms. The van der Waals surface area contributed by atoms with Gasteiger partial charge in [-0.2, -0.15) is 0 Å². The molecule has 0 heterocycles. The van der Waals surface area contributed by atoms with Crippen molar-refractivity contribution in [1.82, 2.24) is 4.90 Å². The van der Waals surface area contributed by atoms with Crippen LogP contribution >= 0.6 is 0 Å². The minimum Gasteiger partial charge on any atom is -0.316 e. The lowest BCUT2D eigenvalue weighted by Gasteiger charge is -2.22. The van der Waals surface area contributed by atoms with Crippen LogP contribution in [0.4, 0.5) is 23.7 Å². The van der Waals surface area contributed by atoms with Crippen molar-refractivity contribution in [3.63, 3.8) is 0 Å². The van der Waals surface area contributed by atoms with Crippen LogP contribution in [0.3, 0.4) is 0 Å². The number of hydrogen-bond acceptors (Lipinski definition) is 1. The zero-order valence-electron chi connectivity index (χ0n) is 9.57. The van der Waals surface area contributed by atoms with Crippen molar-refractivity contribution in [2.45, 2.75) is 25.3 Å². The molecule has 0 atom stereocenters. The average Bonchev–Trinajstić information content (AvgIpc) is 3.09. The first-order valence-corrected chi connectivity index (χ1v) is 5.67. The second kappa shape index (κ2) is 5.29. The summed E-state index contributed by atoms with van der Waals surface area (Å²) in [6.07, 6.45) is -1.09. The number of halogens is 3. The number of hydrogen-bond donors (Lipinski definition) is 1. The third-order valence-corrected chi connectivity index (χ3v) is 2.66. The van der Waals surface area contributed by atoms with Gasteiger partial charge in [0.25, 0.3) is 6.43 Å². The fourth-order valence-corrected chi connectivity index (χ4v) is 1.69. The highest BCUT2D eigenvalue weighted by atomic mass is 19.3. The van der Waals surface area contributed by atoms with Crippen LogP contribution in [0.25, 0.3) is 0 Å². The number of benzene rings is 1. The summed E-state index contributed by atoms with van der Waals surface area (Å²) >= 11 is 0. The van der Waals surface area contributed by atoms with Crippen molar-refractivity contribution in [2.24, 2.45) is 0 Å². The van der Waals surface area contributed by atoms with Gasteiger partial charge in [-0.05, 0) is 31.0 Å². The van der Waals surface area contributed by atoms with Crippen molar-refractivity contribution < 1.29 is 18.0 Å². The molecular formula is C12H13F3N2O. The van der Waals surface area contributed by atoms with E-state index < -0.39 is 24.8 Å². The molecule has 3 nitrogen and oxygen atoms in total. The van der Waals surface area contributed by atoms with Gasteiger partial charge in [-0.3, -0.25) is 0 Å². The predicted octanol–water partition coefficient (Wildman–Crippen LogP) is 3.09. The molecular weight excluding hydrogens is 245 g/mol. The second-order valence-electron chi connectivity index (χ2n) is 4.22. The Kier molecular flexibility index (Phi) is 3.74. The number of carbonyl (C=O) groups excluding carboxylic acids is 1. The fourth-order valence-electron chi connectivity index (χ4n) is 1.69. The van der Waals surface area contributed by atoms with Crippen LogP contribution in [-0.4, -0.2) is 29.9 Å². The molecule has 98 valence electrons. The minimum atomic E-state index is -2.57. The van der Waals surface area contributed by atoms with E-state index in [1.54, 1.807) is 0 Å². The van der Waals surface area contributed by atoms with Crippen LogP contribution in [0, 0.1) is 5.82 Å². The van der Waals surface area contributed by atoms with Gasteiger partial charge in [0.15, 0.2) is 0 Å². The lowest BCUT2D eigenvalue weighted by atomic mass is 10.3. The van der Waals surface area contributed by atoms with Crippen molar-refractivity contribution in [3.05, 3.63) is 30.1 Å². The zero-order valence-corrected chi connectivity index (χ0v) is 9.57. The van der Waals surface area contributed by atoms with Gasteiger partial charge in [0.05, 0.1) is 6.54 Å². The normalized spacial score (nSPS) is 14.7. The van der Waals surface area contributed by atoms with Gasteiger partial charge in [0, 0.05) is 11.7 Å². The van der Waals surface area contributed by atoms with E-state index in [1.165, 1.54) is 18.2 Å². The van der Waals surface area contributed by atoms with Gasteiger partial charge < -0.3 is 10.2 Å². The number of carbonyl (C=O) groups is 1. The lowest BCUT2D eigenvalue weighted by molar-refractivity contribution is 0.0994. The lowest BCUT2D eigenvalue weighted by Crippen LogP contribution is -2.39. The van der Waals surface area contributed by atoms with Crippen molar-refractivity contribution in [2.75, 3.05) is 11.9 Å². The summed E-state index contributed by atoms with van der Waals surface area (Å²) in [7, 11) is 0. The Morgan fingerprint density at radius 1 is 1.44 bits per heavy atom. The molecule has 2 rings (SSSR count). The topological polar surface area (TPSA) is 32.3 Å². The summed E-state index contributed by atoms with van der Waals surface area (Å²) in [6.45, 7) is -0.591. The van der Waals surface area contributed by atoms with Gasteiger partial charge in [0.2, 0.25) is 0 Å². The maximum absolute atomic E-state index is 12.9. The first-order valence-electron chi connectivity index (χ1n) is 5.67. The Bertz CT molecular complexity index is 435. The monoisotopic (exact) mass is 258 g/mol. The molecule has 1 saturated carbocycles. The van der Waals surface area contributed by atoms with E-state index in [1.807, 2.05) is 0 Å². The highest BCUT2D eigenvalue weighted by molar-refractivity contribution is 5.89. The van der Waals surface area contributed by atoms with Gasteiger partial charge in [-0.25, -0.2) is 18.0 Å². The van der Waals surface area contributed by atoms with Crippen LogP contribution in [0.2, 0.25) is 0 Å². The SMILES string of the molecule is O=C(Nc1cccc(F)c1)N(CC(F)F)C1CC1. The Morgan fingerprint density at radius 2 is 2.17 bits per heavy atom. The number of anilines is 1. The molecule has 0 saturated heterocycles. The highest BCUT2D eigenvalue weighted by Gasteiger charge is 2.34. The van der Waals surface area contributed by atoms with Gasteiger partial charge in [0.1, 0.15) is 5.82 Å². The van der Waals surface area contributed by atoms with Crippen LogP contribution in [0.1, 0.15) is 12.8 Å². The number of amides is 2. The van der Waals surface area contributed by atoms with E-state index in [0.717, 1.165) is 23.8 Å². The van der Waals surface area contributed by atoms with Crippen molar-refractivity contribution >= 4 is 11.7 Å². The van der Waals surface area contributed by atoms with E-state index in [-0.39, 0.29) is 11.7 Å². The van der Waals surface area contributed by atoms with E-state index in [2.05, 4.69) is 5.32 Å². The predicted molar refractivity (Wildman–Crippen MR) is 61.2 cm³/mol. The summed E-state index contributed by atoms with van der Waals surface area (Å²) in [4.78, 5) is 12.9. The third-order valence-electron chi connectivity index (χ3n) is 2.66. The second-order valence-corrected chi connectivity index (χ2v) is 4.22. The van der Waals surface area contributed by atoms with E-state index in [9.17, 15) is 18.0 Å². The highest BCUT2D eigenvalue weighted by Crippen LogP contribution is 2.28. The molecule has 0 aliphatic heterocycles. The molecule has 6 heteroatoms. The molecule has 0 aromatic heterocycles. The van der Waals surface area contributed by atoms with Crippen LogP contribution in [-0.2, 0) is 0 Å². The quantitative estimate of drug-likeness (QED) is 0.884. The van der Waals surface area contributed by atoms with Crippen LogP contribution in [0.5, 0.6) is 0 Å². The molecule has 1 aliphatic rings.